The van der Waals surface area contributed by atoms with Crippen LogP contribution in [0.2, 0.25) is 0 Å². The van der Waals surface area contributed by atoms with Crippen molar-refractivity contribution in [3.63, 3.8) is 0 Å². The minimum absolute atomic E-state index is 0.210. The fraction of sp³-hybridized carbons (Fsp3) is 0.933. The minimum atomic E-state index is 0.210. The van der Waals surface area contributed by atoms with Crippen molar-refractivity contribution in [2.45, 2.75) is 40.0 Å². The molecule has 0 unspecified atom stereocenters. The molecule has 4 heteroatoms. The Bertz CT molecular complexity index is 248. The average molecular weight is 269 g/mol. The van der Waals surface area contributed by atoms with Gasteiger partial charge < -0.3 is 15.1 Å². The zero-order chi connectivity index (χ0) is 14.1. The van der Waals surface area contributed by atoms with E-state index in [1.807, 2.05) is 4.90 Å². The monoisotopic (exact) mass is 269 g/mol. The molecule has 112 valence electrons. The molecule has 0 aromatic rings. The van der Waals surface area contributed by atoms with E-state index in [1.54, 1.807) is 0 Å². The minimum Gasteiger partial charge on any atom is -0.343 e. The first-order chi connectivity index (χ1) is 9.22. The smallest absolute Gasteiger partial charge is 0.226 e. The molecule has 0 saturated carbocycles. The van der Waals surface area contributed by atoms with Crippen LogP contribution in [-0.2, 0) is 4.79 Å². The number of rotatable bonds is 8. The van der Waals surface area contributed by atoms with E-state index in [2.05, 4.69) is 31.0 Å². The third-order valence-electron chi connectivity index (χ3n) is 4.14. The summed E-state index contributed by atoms with van der Waals surface area (Å²) in [5.74, 6) is 0.566. The zero-order valence-corrected chi connectivity index (χ0v) is 13.0. The highest BCUT2D eigenvalue weighted by Crippen LogP contribution is 2.13. The molecule has 1 aliphatic heterocycles. The van der Waals surface area contributed by atoms with Gasteiger partial charge in [0.05, 0.1) is 5.92 Å². The Balaban J connectivity index is 2.33. The molecule has 1 fully saturated rings. The van der Waals surface area contributed by atoms with Gasteiger partial charge in [0.2, 0.25) is 5.91 Å². The van der Waals surface area contributed by atoms with Crippen molar-refractivity contribution in [2.75, 3.05) is 45.8 Å². The molecule has 4 nitrogen and oxygen atoms in total. The molecule has 1 heterocycles. The van der Waals surface area contributed by atoms with Gasteiger partial charge in [-0.15, -0.1) is 0 Å². The molecule has 0 radical (unpaired) electrons. The van der Waals surface area contributed by atoms with Crippen molar-refractivity contribution in [1.82, 2.24) is 15.1 Å². The van der Waals surface area contributed by atoms with E-state index in [0.29, 0.717) is 5.91 Å². The average Bonchev–Trinajstić information content (AvgIpc) is 2.48. The summed E-state index contributed by atoms with van der Waals surface area (Å²) < 4.78 is 0. The Hall–Kier alpha value is -0.610. The van der Waals surface area contributed by atoms with Crippen LogP contribution in [0.5, 0.6) is 0 Å². The van der Waals surface area contributed by atoms with Gasteiger partial charge in [0, 0.05) is 19.6 Å². The number of amides is 1. The van der Waals surface area contributed by atoms with Gasteiger partial charge in [-0.25, -0.2) is 0 Å². The summed E-state index contributed by atoms with van der Waals surface area (Å²) >= 11 is 0. The second-order valence-corrected chi connectivity index (χ2v) is 5.34. The molecule has 0 aromatic heterocycles. The van der Waals surface area contributed by atoms with Crippen LogP contribution in [0.4, 0.5) is 0 Å². The van der Waals surface area contributed by atoms with Crippen molar-refractivity contribution < 1.29 is 4.79 Å². The lowest BCUT2D eigenvalue weighted by atomic mass is 9.98. The molecular weight excluding hydrogens is 238 g/mol. The third kappa shape index (κ3) is 5.49. The SMILES string of the molecule is CCN(CC)CCCN(CC)C(=O)[C@H]1CCCNC1. The topological polar surface area (TPSA) is 35.6 Å². The maximum Gasteiger partial charge on any atom is 0.226 e. The van der Waals surface area contributed by atoms with E-state index in [-0.39, 0.29) is 5.92 Å². The molecular formula is C15H31N3O. The van der Waals surface area contributed by atoms with Gasteiger partial charge in [-0.05, 0) is 52.4 Å². The van der Waals surface area contributed by atoms with Crippen LogP contribution in [0.3, 0.4) is 0 Å². The predicted octanol–water partition coefficient (Wildman–Crippen LogP) is 1.57. The number of nitrogens with zero attached hydrogens (tertiary/aromatic N) is 2. The van der Waals surface area contributed by atoms with Crippen LogP contribution in [0.25, 0.3) is 0 Å². The quantitative estimate of drug-likeness (QED) is 0.726. The second-order valence-electron chi connectivity index (χ2n) is 5.34. The maximum absolute atomic E-state index is 12.4. The lowest BCUT2D eigenvalue weighted by molar-refractivity contribution is -0.136. The van der Waals surface area contributed by atoms with Crippen molar-refractivity contribution in [2.24, 2.45) is 5.92 Å². The largest absolute Gasteiger partial charge is 0.343 e. The fourth-order valence-electron chi connectivity index (χ4n) is 2.77. The molecule has 1 saturated heterocycles. The Labute approximate surface area is 118 Å². The Morgan fingerprint density at radius 3 is 2.42 bits per heavy atom. The van der Waals surface area contributed by atoms with E-state index in [4.69, 9.17) is 0 Å². The molecule has 0 aliphatic carbocycles. The maximum atomic E-state index is 12.4. The molecule has 1 rings (SSSR count). The highest BCUT2D eigenvalue weighted by Gasteiger charge is 2.24. The van der Waals surface area contributed by atoms with Crippen LogP contribution >= 0.6 is 0 Å². The van der Waals surface area contributed by atoms with Gasteiger partial charge in [0.1, 0.15) is 0 Å². The zero-order valence-electron chi connectivity index (χ0n) is 13.0. The Morgan fingerprint density at radius 1 is 1.16 bits per heavy atom. The van der Waals surface area contributed by atoms with Gasteiger partial charge in [-0.2, -0.15) is 0 Å². The summed E-state index contributed by atoms with van der Waals surface area (Å²) in [5.41, 5.74) is 0. The summed E-state index contributed by atoms with van der Waals surface area (Å²) in [4.78, 5) is 16.9. The predicted molar refractivity (Wildman–Crippen MR) is 80.3 cm³/mol. The second kappa shape index (κ2) is 9.32. The molecule has 19 heavy (non-hydrogen) atoms. The van der Waals surface area contributed by atoms with E-state index in [9.17, 15) is 4.79 Å². The molecule has 1 aliphatic rings. The number of hydrogen-bond donors (Lipinski definition) is 1. The first-order valence-corrected chi connectivity index (χ1v) is 7.94. The molecule has 0 spiro atoms. The molecule has 1 amide bonds. The van der Waals surface area contributed by atoms with Crippen LogP contribution < -0.4 is 5.32 Å². The summed E-state index contributed by atoms with van der Waals surface area (Å²) in [6.07, 6.45) is 3.27. The number of nitrogens with one attached hydrogen (secondary N) is 1. The molecule has 0 aromatic carbocycles. The third-order valence-corrected chi connectivity index (χ3v) is 4.14. The summed E-state index contributed by atoms with van der Waals surface area (Å²) in [6, 6.07) is 0. The number of carbonyl (C=O) groups excluding carboxylic acids is 1. The highest BCUT2D eigenvalue weighted by molar-refractivity contribution is 5.79. The Kier molecular flexibility index (Phi) is 8.07. The number of carbonyl (C=O) groups is 1. The molecule has 0 bridgehead atoms. The van der Waals surface area contributed by atoms with Gasteiger partial charge in [-0.1, -0.05) is 13.8 Å². The molecule has 1 N–H and O–H groups in total. The summed E-state index contributed by atoms with van der Waals surface area (Å²) in [7, 11) is 0. The number of piperidine rings is 1. The summed E-state index contributed by atoms with van der Waals surface area (Å²) in [5, 5.41) is 3.33. The first kappa shape index (κ1) is 16.4. The van der Waals surface area contributed by atoms with Crippen LogP contribution in [0.15, 0.2) is 0 Å². The molecule has 1 atom stereocenters. The normalized spacial score (nSPS) is 19.7. The van der Waals surface area contributed by atoms with Crippen LogP contribution in [0.1, 0.15) is 40.0 Å². The lowest BCUT2D eigenvalue weighted by Crippen LogP contribution is -2.43. The highest BCUT2D eigenvalue weighted by atomic mass is 16.2. The summed E-state index contributed by atoms with van der Waals surface area (Å²) in [6.45, 7) is 13.5. The first-order valence-electron chi connectivity index (χ1n) is 7.94. The van der Waals surface area contributed by atoms with E-state index in [1.165, 1.54) is 0 Å². The lowest BCUT2D eigenvalue weighted by Gasteiger charge is -2.29. The van der Waals surface area contributed by atoms with Gasteiger partial charge in [0.25, 0.3) is 0 Å². The standard InChI is InChI=1S/C15H31N3O/c1-4-17(5-2)11-8-12-18(6-3)15(19)14-9-7-10-16-13-14/h14,16H,4-13H2,1-3H3/t14-/m0/s1. The van der Waals surface area contributed by atoms with Gasteiger partial charge in [0.15, 0.2) is 0 Å². The van der Waals surface area contributed by atoms with E-state index in [0.717, 1.165) is 65.1 Å². The van der Waals surface area contributed by atoms with Crippen molar-refractivity contribution in [1.29, 1.82) is 0 Å². The van der Waals surface area contributed by atoms with Gasteiger partial charge in [-0.3, -0.25) is 4.79 Å². The van der Waals surface area contributed by atoms with Crippen LogP contribution in [-0.4, -0.2) is 61.5 Å². The van der Waals surface area contributed by atoms with E-state index >= 15 is 0 Å². The fourth-order valence-corrected chi connectivity index (χ4v) is 2.77. The van der Waals surface area contributed by atoms with Crippen LogP contribution in [0, 0.1) is 5.92 Å². The van der Waals surface area contributed by atoms with E-state index < -0.39 is 0 Å². The van der Waals surface area contributed by atoms with Crippen molar-refractivity contribution in [3.05, 3.63) is 0 Å². The van der Waals surface area contributed by atoms with Crippen molar-refractivity contribution >= 4 is 5.91 Å². The van der Waals surface area contributed by atoms with Gasteiger partial charge >= 0.3 is 0 Å². The van der Waals surface area contributed by atoms with Crippen molar-refractivity contribution in [3.8, 4) is 0 Å². The Morgan fingerprint density at radius 2 is 1.89 bits per heavy atom. The number of hydrogen-bond acceptors (Lipinski definition) is 3.